The van der Waals surface area contributed by atoms with Gasteiger partial charge in [-0.25, -0.2) is 0 Å². The van der Waals surface area contributed by atoms with Gasteiger partial charge in [-0.1, -0.05) is 0 Å². The Labute approximate surface area is 117 Å². The van der Waals surface area contributed by atoms with Crippen molar-refractivity contribution in [1.82, 2.24) is 0 Å². The second-order valence-electron chi connectivity index (χ2n) is 5.70. The van der Waals surface area contributed by atoms with Crippen molar-refractivity contribution in [3.05, 3.63) is 0 Å². The minimum absolute atomic E-state index is 0.302. The maximum Gasteiger partial charge on any atom is 0.309 e. The molecule has 3 atom stereocenters. The summed E-state index contributed by atoms with van der Waals surface area (Å²) in [6, 6.07) is 0. The van der Waals surface area contributed by atoms with Crippen LogP contribution < -0.4 is 0 Å². The van der Waals surface area contributed by atoms with Crippen molar-refractivity contribution in [2.75, 3.05) is 34.3 Å². The van der Waals surface area contributed by atoms with E-state index in [1.807, 2.05) is 21.1 Å². The van der Waals surface area contributed by atoms with E-state index in [4.69, 9.17) is 20.1 Å². The number of aliphatic carboxylic acids is 1. The number of esters is 1. The highest BCUT2D eigenvalue weighted by Crippen LogP contribution is 2.08. The monoisotopic (exact) mass is 294 g/mol. The van der Waals surface area contributed by atoms with Gasteiger partial charge in [-0.2, -0.15) is 0 Å². The zero-order valence-electron chi connectivity index (χ0n) is 12.0. The highest BCUT2D eigenvalue weighted by Gasteiger charge is 2.27. The first-order chi connectivity index (χ1) is 9.05. The Kier molecular flexibility index (Phi) is 7.66. The van der Waals surface area contributed by atoms with Crippen LogP contribution >= 0.6 is 0 Å². The Morgan fingerprint density at radius 3 is 2.05 bits per heavy atom. The van der Waals surface area contributed by atoms with E-state index in [-0.39, 0.29) is 6.42 Å². The molecule has 0 spiro atoms. The Hall–Kier alpha value is -1.22. The molecule has 0 aliphatic carbocycles. The second kappa shape index (κ2) is 8.15. The Bertz CT molecular complexity index is 326. The van der Waals surface area contributed by atoms with Gasteiger partial charge < -0.3 is 29.6 Å². The molecule has 0 amide bonds. The van der Waals surface area contributed by atoms with E-state index in [0.29, 0.717) is 11.0 Å². The lowest BCUT2D eigenvalue weighted by Crippen LogP contribution is -2.44. The van der Waals surface area contributed by atoms with E-state index in [1.54, 1.807) is 0 Å². The average molecular weight is 294 g/mol. The lowest BCUT2D eigenvalue weighted by molar-refractivity contribution is -0.873. The fraction of sp³-hybridized carbons (Fsp3) is 0.833. The highest BCUT2D eigenvalue weighted by atomic mass is 16.5. The molecule has 0 radical (unpaired) electrons. The topological polar surface area (TPSA) is 124 Å². The zero-order valence-corrected chi connectivity index (χ0v) is 12.0. The SMILES string of the molecule is C[N+](C)(C)CC(CC(=O)O)OC(=O)CC(O)C(O)CO. The molecule has 0 heterocycles. The number of aliphatic hydroxyl groups is 3. The van der Waals surface area contributed by atoms with Crippen molar-refractivity contribution >= 4 is 11.9 Å². The number of quaternary nitrogens is 1. The van der Waals surface area contributed by atoms with Crippen molar-refractivity contribution in [2.24, 2.45) is 0 Å². The van der Waals surface area contributed by atoms with Gasteiger partial charge in [0.25, 0.3) is 0 Å². The fourth-order valence-electron chi connectivity index (χ4n) is 1.61. The van der Waals surface area contributed by atoms with E-state index >= 15 is 0 Å². The van der Waals surface area contributed by atoms with Gasteiger partial charge in [-0.3, -0.25) is 9.59 Å². The molecule has 0 aromatic carbocycles. The van der Waals surface area contributed by atoms with Crippen LogP contribution in [0.5, 0.6) is 0 Å². The Morgan fingerprint density at radius 1 is 1.10 bits per heavy atom. The molecule has 4 N–H and O–H groups in total. The molecule has 0 saturated carbocycles. The molecular formula is C12H24NO7+. The van der Waals surface area contributed by atoms with Crippen LogP contribution in [0.3, 0.4) is 0 Å². The number of aliphatic hydroxyl groups excluding tert-OH is 3. The molecule has 0 aromatic rings. The third kappa shape index (κ3) is 8.81. The van der Waals surface area contributed by atoms with Crippen LogP contribution in [0.25, 0.3) is 0 Å². The standard InChI is InChI=1S/C12H23NO7/c1-13(2,3)6-8(4-11(17)18)20-12(19)5-9(15)10(16)7-14/h8-10,14-16H,4-7H2,1-3H3/p+1. The molecule has 0 bridgehead atoms. The number of carbonyl (C=O) groups is 2. The average Bonchev–Trinajstić information content (AvgIpc) is 2.23. The van der Waals surface area contributed by atoms with Crippen LogP contribution in [-0.2, 0) is 14.3 Å². The summed E-state index contributed by atoms with van der Waals surface area (Å²) < 4.78 is 5.42. The zero-order chi connectivity index (χ0) is 15.9. The smallest absolute Gasteiger partial charge is 0.309 e. The lowest BCUT2D eigenvalue weighted by atomic mass is 10.1. The molecular weight excluding hydrogens is 270 g/mol. The first-order valence-corrected chi connectivity index (χ1v) is 6.24. The molecule has 0 aromatic heterocycles. The molecule has 0 aliphatic heterocycles. The van der Waals surface area contributed by atoms with Crippen molar-refractivity contribution in [3.63, 3.8) is 0 Å². The molecule has 20 heavy (non-hydrogen) atoms. The number of carboxylic acids is 1. The number of rotatable bonds is 9. The normalized spacial score (nSPS) is 16.3. The van der Waals surface area contributed by atoms with Crippen LogP contribution in [0.2, 0.25) is 0 Å². The fourth-order valence-corrected chi connectivity index (χ4v) is 1.61. The van der Waals surface area contributed by atoms with Gasteiger partial charge in [0.1, 0.15) is 12.6 Å². The van der Waals surface area contributed by atoms with Crippen molar-refractivity contribution in [1.29, 1.82) is 0 Å². The molecule has 8 nitrogen and oxygen atoms in total. The van der Waals surface area contributed by atoms with Gasteiger partial charge in [-0.15, -0.1) is 0 Å². The summed E-state index contributed by atoms with van der Waals surface area (Å²) in [5.74, 6) is -1.91. The predicted octanol–water partition coefficient (Wildman–Crippen LogP) is -1.82. The molecule has 0 saturated heterocycles. The van der Waals surface area contributed by atoms with Crippen LogP contribution in [0.15, 0.2) is 0 Å². The number of nitrogens with zero attached hydrogens (tertiary/aromatic N) is 1. The van der Waals surface area contributed by atoms with Gasteiger partial charge in [0, 0.05) is 0 Å². The summed E-state index contributed by atoms with van der Waals surface area (Å²) in [7, 11) is 5.48. The number of hydrogen-bond acceptors (Lipinski definition) is 6. The minimum atomic E-state index is -1.44. The first kappa shape index (κ1) is 18.8. The Morgan fingerprint density at radius 2 is 1.65 bits per heavy atom. The van der Waals surface area contributed by atoms with Crippen LogP contribution in [0.4, 0.5) is 0 Å². The number of ether oxygens (including phenoxy) is 1. The maximum absolute atomic E-state index is 11.6. The molecule has 118 valence electrons. The second-order valence-corrected chi connectivity index (χ2v) is 5.70. The van der Waals surface area contributed by atoms with Gasteiger partial charge in [0.05, 0.1) is 46.7 Å². The van der Waals surface area contributed by atoms with Crippen molar-refractivity contribution in [3.8, 4) is 0 Å². The summed E-state index contributed by atoms with van der Waals surface area (Å²) >= 11 is 0. The van der Waals surface area contributed by atoms with Crippen LogP contribution in [0.1, 0.15) is 12.8 Å². The third-order valence-electron chi connectivity index (χ3n) is 2.46. The van der Waals surface area contributed by atoms with E-state index < -0.39 is 43.3 Å². The van der Waals surface area contributed by atoms with E-state index in [1.165, 1.54) is 0 Å². The molecule has 8 heteroatoms. The molecule has 0 aliphatic rings. The largest absolute Gasteiger partial charge is 0.481 e. The molecule has 3 unspecified atom stereocenters. The highest BCUT2D eigenvalue weighted by molar-refractivity contribution is 5.72. The van der Waals surface area contributed by atoms with Gasteiger partial charge >= 0.3 is 11.9 Å². The summed E-state index contributed by atoms with van der Waals surface area (Å²) in [5, 5.41) is 35.9. The van der Waals surface area contributed by atoms with Gasteiger partial charge in [-0.05, 0) is 0 Å². The lowest BCUT2D eigenvalue weighted by Gasteiger charge is -2.28. The predicted molar refractivity (Wildman–Crippen MR) is 68.7 cm³/mol. The molecule has 0 fully saturated rings. The summed E-state index contributed by atoms with van der Waals surface area (Å²) in [4.78, 5) is 22.3. The van der Waals surface area contributed by atoms with Crippen molar-refractivity contribution < 1.29 is 39.2 Å². The van der Waals surface area contributed by atoms with Crippen molar-refractivity contribution in [2.45, 2.75) is 31.2 Å². The number of hydrogen-bond donors (Lipinski definition) is 4. The van der Waals surface area contributed by atoms with E-state index in [9.17, 15) is 14.7 Å². The van der Waals surface area contributed by atoms with E-state index in [0.717, 1.165) is 0 Å². The van der Waals surface area contributed by atoms with E-state index in [2.05, 4.69) is 0 Å². The van der Waals surface area contributed by atoms with Gasteiger partial charge in [0.2, 0.25) is 0 Å². The third-order valence-corrected chi connectivity index (χ3v) is 2.46. The molecule has 0 rings (SSSR count). The minimum Gasteiger partial charge on any atom is -0.481 e. The van der Waals surface area contributed by atoms with Crippen LogP contribution in [-0.4, -0.2) is 89.5 Å². The summed E-state index contributed by atoms with van der Waals surface area (Å²) in [6.07, 6.45) is -4.53. The summed E-state index contributed by atoms with van der Waals surface area (Å²) in [6.45, 7) is -0.372. The maximum atomic E-state index is 11.6. The number of likely N-dealkylation sites (N-methyl/N-ethyl adjacent to an activating group) is 1. The Balaban J connectivity index is 4.49. The first-order valence-electron chi connectivity index (χ1n) is 6.24. The van der Waals surface area contributed by atoms with Crippen LogP contribution in [0, 0.1) is 0 Å². The quantitative estimate of drug-likeness (QED) is 0.291. The number of carbonyl (C=O) groups excluding carboxylic acids is 1. The summed E-state index contributed by atoms with van der Waals surface area (Å²) in [5.41, 5.74) is 0. The van der Waals surface area contributed by atoms with Gasteiger partial charge in [0.15, 0.2) is 6.10 Å². The number of carboxylic acid groups (broad SMARTS) is 1.